The summed E-state index contributed by atoms with van der Waals surface area (Å²) < 4.78 is 0.873. The molecule has 2 rings (SSSR count). The molecule has 1 aromatic carbocycles. The highest BCUT2D eigenvalue weighted by Crippen LogP contribution is 2.33. The third kappa shape index (κ3) is 3.14. The van der Waals surface area contributed by atoms with Crippen LogP contribution >= 0.6 is 50.9 Å². The second kappa shape index (κ2) is 5.41. The van der Waals surface area contributed by atoms with Gasteiger partial charge in [-0.1, -0.05) is 35.0 Å². The van der Waals surface area contributed by atoms with Crippen molar-refractivity contribution in [1.29, 1.82) is 0 Å². The number of halogens is 3. The van der Waals surface area contributed by atoms with E-state index in [0.29, 0.717) is 5.02 Å². The Balaban J connectivity index is 2.23. The van der Waals surface area contributed by atoms with Crippen LogP contribution in [0.15, 0.2) is 50.9 Å². The second-order valence-corrected chi connectivity index (χ2v) is 5.82. The Morgan fingerprint density at radius 1 is 1.12 bits per heavy atom. The average molecular weight is 335 g/mol. The molecule has 0 radical (unpaired) electrons. The van der Waals surface area contributed by atoms with Crippen LogP contribution in [0, 0.1) is 0 Å². The fourth-order valence-corrected chi connectivity index (χ4v) is 2.72. The van der Waals surface area contributed by atoms with E-state index in [1.54, 1.807) is 6.20 Å². The first kappa shape index (κ1) is 12.2. The minimum atomic E-state index is 0.634. The molecule has 1 nitrogen and oxygen atoms in total. The zero-order valence-corrected chi connectivity index (χ0v) is 11.9. The Morgan fingerprint density at radius 3 is 2.44 bits per heavy atom. The monoisotopic (exact) mass is 333 g/mol. The Kier molecular flexibility index (Phi) is 4.14. The number of aromatic nitrogens is 1. The molecule has 0 aliphatic rings. The van der Waals surface area contributed by atoms with E-state index in [0.717, 1.165) is 19.4 Å². The molecule has 0 aliphatic heterocycles. The highest BCUT2D eigenvalue weighted by Gasteiger charge is 2.04. The van der Waals surface area contributed by atoms with E-state index in [2.05, 4.69) is 20.9 Å². The number of rotatable bonds is 2. The smallest absolute Gasteiger partial charge is 0.119 e. The van der Waals surface area contributed by atoms with Gasteiger partial charge in [0, 0.05) is 20.6 Å². The standard InChI is InChI=1S/C11H6BrCl2NS/c12-7-5-10(14)11(15-6-7)16-9-3-1-8(13)2-4-9/h1-6H. The number of hydrogen-bond donors (Lipinski definition) is 0. The van der Waals surface area contributed by atoms with Gasteiger partial charge in [0.15, 0.2) is 0 Å². The molecule has 0 spiro atoms. The maximum absolute atomic E-state index is 6.07. The molecule has 2 aromatic rings. The summed E-state index contributed by atoms with van der Waals surface area (Å²) in [6.07, 6.45) is 1.73. The van der Waals surface area contributed by atoms with E-state index in [1.165, 1.54) is 11.8 Å². The van der Waals surface area contributed by atoms with E-state index in [-0.39, 0.29) is 0 Å². The van der Waals surface area contributed by atoms with Crippen LogP contribution in [0.2, 0.25) is 10.0 Å². The van der Waals surface area contributed by atoms with Crippen molar-refractivity contribution in [3.8, 4) is 0 Å². The summed E-state index contributed by atoms with van der Waals surface area (Å²) >= 11 is 16.7. The van der Waals surface area contributed by atoms with Gasteiger partial charge in [0.25, 0.3) is 0 Å². The minimum Gasteiger partial charge on any atom is -0.247 e. The molecule has 5 heteroatoms. The van der Waals surface area contributed by atoms with E-state index in [4.69, 9.17) is 23.2 Å². The van der Waals surface area contributed by atoms with Gasteiger partial charge in [-0.05, 0) is 46.3 Å². The van der Waals surface area contributed by atoms with Crippen LogP contribution in [0.3, 0.4) is 0 Å². The first-order valence-electron chi connectivity index (χ1n) is 4.39. The number of hydrogen-bond acceptors (Lipinski definition) is 2. The van der Waals surface area contributed by atoms with Crippen LogP contribution in [0.25, 0.3) is 0 Å². The summed E-state index contributed by atoms with van der Waals surface area (Å²) in [5.41, 5.74) is 0. The normalized spacial score (nSPS) is 10.4. The molecule has 0 saturated carbocycles. The predicted octanol–water partition coefficient (Wildman–Crippen LogP) is 5.30. The maximum Gasteiger partial charge on any atom is 0.119 e. The Hall–Kier alpha value is -0.220. The van der Waals surface area contributed by atoms with Crippen molar-refractivity contribution in [3.63, 3.8) is 0 Å². The number of nitrogens with zero attached hydrogens (tertiary/aromatic N) is 1. The van der Waals surface area contributed by atoms with Gasteiger partial charge in [-0.15, -0.1) is 0 Å². The fraction of sp³-hybridized carbons (Fsp3) is 0. The Morgan fingerprint density at radius 2 is 1.81 bits per heavy atom. The molecule has 0 N–H and O–H groups in total. The lowest BCUT2D eigenvalue weighted by Gasteiger charge is -2.03. The molecule has 0 amide bonds. The van der Waals surface area contributed by atoms with Crippen LogP contribution in [-0.4, -0.2) is 4.98 Å². The largest absolute Gasteiger partial charge is 0.247 e. The molecule has 1 heterocycles. The molecular weight excluding hydrogens is 329 g/mol. The summed E-state index contributed by atoms with van der Waals surface area (Å²) in [6.45, 7) is 0. The van der Waals surface area contributed by atoms with Crippen molar-refractivity contribution >= 4 is 50.9 Å². The summed E-state index contributed by atoms with van der Waals surface area (Å²) in [7, 11) is 0. The van der Waals surface area contributed by atoms with Crippen molar-refractivity contribution in [2.45, 2.75) is 9.92 Å². The zero-order valence-electron chi connectivity index (χ0n) is 7.95. The van der Waals surface area contributed by atoms with E-state index in [1.807, 2.05) is 30.3 Å². The highest BCUT2D eigenvalue weighted by atomic mass is 79.9. The predicted molar refractivity (Wildman–Crippen MR) is 72.5 cm³/mol. The van der Waals surface area contributed by atoms with Gasteiger partial charge >= 0.3 is 0 Å². The SMILES string of the molecule is Clc1ccc(Sc2ncc(Br)cc2Cl)cc1. The van der Waals surface area contributed by atoms with Crippen LogP contribution in [0.4, 0.5) is 0 Å². The third-order valence-corrected chi connectivity index (χ3v) is 3.91. The molecule has 0 atom stereocenters. The molecule has 0 unspecified atom stereocenters. The summed E-state index contributed by atoms with van der Waals surface area (Å²) in [5, 5.41) is 2.14. The van der Waals surface area contributed by atoms with Gasteiger partial charge in [-0.25, -0.2) is 4.98 Å². The van der Waals surface area contributed by atoms with Crippen molar-refractivity contribution < 1.29 is 0 Å². The molecular formula is C11H6BrCl2NS. The third-order valence-electron chi connectivity index (χ3n) is 1.80. The van der Waals surface area contributed by atoms with E-state index >= 15 is 0 Å². The average Bonchev–Trinajstić information content (AvgIpc) is 2.25. The molecule has 1 aromatic heterocycles. The van der Waals surface area contributed by atoms with E-state index in [9.17, 15) is 0 Å². The minimum absolute atomic E-state index is 0.634. The summed E-state index contributed by atoms with van der Waals surface area (Å²) in [6, 6.07) is 9.39. The van der Waals surface area contributed by atoms with Gasteiger partial charge in [0.1, 0.15) is 5.03 Å². The Labute approximate surface area is 116 Å². The number of pyridine rings is 1. The lowest BCUT2D eigenvalue weighted by molar-refractivity contribution is 1.12. The van der Waals surface area contributed by atoms with Gasteiger partial charge in [0.05, 0.1) is 5.02 Å². The lowest BCUT2D eigenvalue weighted by Crippen LogP contribution is -1.81. The van der Waals surface area contributed by atoms with Gasteiger partial charge in [-0.2, -0.15) is 0 Å². The second-order valence-electron chi connectivity index (χ2n) is 3.00. The molecule has 16 heavy (non-hydrogen) atoms. The molecule has 0 saturated heterocycles. The molecule has 0 aliphatic carbocycles. The highest BCUT2D eigenvalue weighted by molar-refractivity contribution is 9.10. The molecule has 0 fully saturated rings. The van der Waals surface area contributed by atoms with Crippen molar-refractivity contribution in [2.24, 2.45) is 0 Å². The quantitative estimate of drug-likeness (QED) is 0.738. The fourth-order valence-electron chi connectivity index (χ4n) is 1.09. The van der Waals surface area contributed by atoms with Crippen LogP contribution < -0.4 is 0 Å². The zero-order chi connectivity index (χ0) is 11.5. The first-order valence-corrected chi connectivity index (χ1v) is 6.76. The maximum atomic E-state index is 6.07. The van der Waals surface area contributed by atoms with Crippen molar-refractivity contribution in [2.75, 3.05) is 0 Å². The van der Waals surface area contributed by atoms with Gasteiger partial charge in [0.2, 0.25) is 0 Å². The van der Waals surface area contributed by atoms with Crippen molar-refractivity contribution in [3.05, 3.63) is 51.0 Å². The van der Waals surface area contributed by atoms with Gasteiger partial charge in [-0.3, -0.25) is 0 Å². The van der Waals surface area contributed by atoms with Crippen molar-refractivity contribution in [1.82, 2.24) is 4.98 Å². The molecule has 0 bridgehead atoms. The van der Waals surface area contributed by atoms with Gasteiger partial charge < -0.3 is 0 Å². The summed E-state index contributed by atoms with van der Waals surface area (Å²) in [4.78, 5) is 5.30. The molecule has 82 valence electrons. The van der Waals surface area contributed by atoms with Crippen LogP contribution in [0.5, 0.6) is 0 Å². The van der Waals surface area contributed by atoms with Crippen LogP contribution in [0.1, 0.15) is 0 Å². The van der Waals surface area contributed by atoms with Crippen LogP contribution in [-0.2, 0) is 0 Å². The summed E-state index contributed by atoms with van der Waals surface area (Å²) in [5.74, 6) is 0. The lowest BCUT2D eigenvalue weighted by atomic mass is 10.4. The first-order chi connectivity index (χ1) is 7.65. The topological polar surface area (TPSA) is 12.9 Å². The van der Waals surface area contributed by atoms with E-state index < -0.39 is 0 Å². The Bertz CT molecular complexity index is 502. The number of benzene rings is 1.